The van der Waals surface area contributed by atoms with Crippen molar-refractivity contribution in [1.82, 2.24) is 0 Å². The van der Waals surface area contributed by atoms with Crippen molar-refractivity contribution in [1.29, 1.82) is 0 Å². The summed E-state index contributed by atoms with van der Waals surface area (Å²) in [7, 11) is -0.221. The van der Waals surface area contributed by atoms with E-state index in [0.717, 1.165) is 0 Å². The fourth-order valence-electron chi connectivity index (χ4n) is 4.95. The van der Waals surface area contributed by atoms with Crippen LogP contribution in [0.4, 0.5) is 0 Å². The zero-order valence-electron chi connectivity index (χ0n) is 20.0. The van der Waals surface area contributed by atoms with E-state index in [0.29, 0.717) is 0 Å². The average molecular weight is 451 g/mol. The molecule has 4 rings (SSSR count). The van der Waals surface area contributed by atoms with Crippen molar-refractivity contribution in [2.75, 3.05) is 7.05 Å². The van der Waals surface area contributed by atoms with E-state index in [1.54, 1.807) is 0 Å². The van der Waals surface area contributed by atoms with Crippen LogP contribution in [0.2, 0.25) is 0 Å². The van der Waals surface area contributed by atoms with Gasteiger partial charge in [0.1, 0.15) is 28.8 Å². The van der Waals surface area contributed by atoms with Gasteiger partial charge in [-0.05, 0) is 42.0 Å². The van der Waals surface area contributed by atoms with Gasteiger partial charge in [-0.15, -0.1) is 0 Å². The van der Waals surface area contributed by atoms with Gasteiger partial charge in [-0.3, -0.25) is 4.99 Å². The van der Waals surface area contributed by atoms with Gasteiger partial charge in [-0.2, -0.15) is 0 Å². The second-order valence-corrected chi connectivity index (χ2v) is 12.9. The highest BCUT2D eigenvalue weighted by atomic mass is 31.2. The van der Waals surface area contributed by atoms with Crippen LogP contribution in [0.5, 0.6) is 0 Å². The van der Waals surface area contributed by atoms with Crippen LogP contribution in [0, 0.1) is 5.41 Å². The number of hydrogen-bond donors (Lipinski definition) is 0. The Kier molecular flexibility index (Phi) is 6.91. The van der Waals surface area contributed by atoms with E-state index in [1.165, 1.54) is 27.2 Å². The highest BCUT2D eigenvalue weighted by molar-refractivity contribution is 7.96. The third-order valence-electron chi connectivity index (χ3n) is 6.26. The highest BCUT2D eigenvalue weighted by Gasteiger charge is 2.56. The quantitative estimate of drug-likeness (QED) is 0.225. The number of aliphatic imine (C=N–C) groups is 1. The predicted molar refractivity (Wildman–Crippen MR) is 147 cm³/mol. The Bertz CT molecular complexity index is 1080. The molecular weight excluding hydrogens is 417 g/mol. The van der Waals surface area contributed by atoms with Crippen molar-refractivity contribution < 1.29 is 0 Å². The van der Waals surface area contributed by atoms with Crippen LogP contribution >= 0.6 is 7.26 Å². The SMILES string of the molecule is CN=C(C(c1ccccc1)[P+](c1ccccc1)(c1ccccc1)c1ccccc1)C(C)(C)C. The molecular formula is C31H33NP+. The Morgan fingerprint density at radius 1 is 0.576 bits per heavy atom. The first-order valence-corrected chi connectivity index (χ1v) is 13.4. The maximum absolute atomic E-state index is 5.02. The molecule has 0 spiro atoms. The van der Waals surface area contributed by atoms with Crippen LogP contribution in [0.25, 0.3) is 0 Å². The van der Waals surface area contributed by atoms with Gasteiger partial charge in [0.15, 0.2) is 0 Å². The lowest BCUT2D eigenvalue weighted by molar-refractivity contribution is 0.578. The normalized spacial score (nSPS) is 13.5. The first kappa shape index (κ1) is 23.1. The molecule has 4 aromatic carbocycles. The fraction of sp³-hybridized carbons (Fsp3) is 0.194. The van der Waals surface area contributed by atoms with E-state index in [4.69, 9.17) is 4.99 Å². The van der Waals surface area contributed by atoms with E-state index < -0.39 is 7.26 Å². The van der Waals surface area contributed by atoms with Crippen LogP contribution in [-0.4, -0.2) is 12.8 Å². The summed E-state index contributed by atoms with van der Waals surface area (Å²) in [5, 5.41) is 4.13. The topological polar surface area (TPSA) is 12.4 Å². The van der Waals surface area contributed by atoms with Gasteiger partial charge in [-0.25, -0.2) is 0 Å². The third kappa shape index (κ3) is 4.43. The Labute approximate surface area is 199 Å². The van der Waals surface area contributed by atoms with E-state index >= 15 is 0 Å². The Morgan fingerprint density at radius 2 is 0.909 bits per heavy atom. The van der Waals surface area contributed by atoms with E-state index in [2.05, 4.69) is 142 Å². The monoisotopic (exact) mass is 450 g/mol. The second kappa shape index (κ2) is 9.86. The van der Waals surface area contributed by atoms with Crippen LogP contribution in [0.15, 0.2) is 126 Å². The van der Waals surface area contributed by atoms with Crippen molar-refractivity contribution in [2.24, 2.45) is 10.4 Å². The lowest BCUT2D eigenvalue weighted by atomic mass is 9.85. The number of nitrogens with zero attached hydrogens (tertiary/aromatic N) is 1. The van der Waals surface area contributed by atoms with E-state index in [9.17, 15) is 0 Å². The molecule has 0 aliphatic carbocycles. The molecule has 0 saturated heterocycles. The minimum absolute atomic E-state index is 0.0845. The molecule has 0 aliphatic heterocycles. The summed E-state index contributed by atoms with van der Waals surface area (Å²) in [6.07, 6.45) is 0. The predicted octanol–water partition coefficient (Wildman–Crippen LogP) is 6.84. The van der Waals surface area contributed by atoms with Gasteiger partial charge in [-0.1, -0.05) is 106 Å². The first-order chi connectivity index (χ1) is 16.0. The molecule has 0 aliphatic rings. The molecule has 2 heteroatoms. The summed E-state index contributed by atoms with van der Waals surface area (Å²) in [6.45, 7) is 6.88. The largest absolute Gasteiger partial charge is 0.292 e. The standard InChI is InChI=1S/C31H33NP/c1-31(2,3)30(32-4)29(25-17-9-5-10-18-25)33(26-19-11-6-12-20-26,27-21-13-7-14-22-27)28-23-15-8-16-24-28/h5-24,29H,1-4H3/q+1. The van der Waals surface area contributed by atoms with E-state index in [1.807, 2.05) is 7.05 Å². The Hall–Kier alpha value is -3.02. The average Bonchev–Trinajstić information content (AvgIpc) is 2.86. The maximum atomic E-state index is 5.02. The lowest BCUT2D eigenvalue weighted by Gasteiger charge is -2.39. The molecule has 0 heterocycles. The van der Waals surface area contributed by atoms with Gasteiger partial charge in [0.25, 0.3) is 0 Å². The van der Waals surface area contributed by atoms with Gasteiger partial charge >= 0.3 is 0 Å². The summed E-state index contributed by atoms with van der Waals surface area (Å²) in [5.74, 6) is 0. The van der Waals surface area contributed by atoms with Crippen LogP contribution in [-0.2, 0) is 0 Å². The molecule has 0 fully saturated rings. The van der Waals surface area contributed by atoms with Crippen LogP contribution < -0.4 is 15.9 Å². The van der Waals surface area contributed by atoms with Crippen molar-refractivity contribution in [2.45, 2.75) is 26.4 Å². The van der Waals surface area contributed by atoms with Gasteiger partial charge in [0, 0.05) is 12.5 Å². The minimum atomic E-state index is -2.19. The molecule has 0 bridgehead atoms. The molecule has 4 aromatic rings. The number of rotatable bonds is 6. The van der Waals surface area contributed by atoms with Gasteiger partial charge in [0.2, 0.25) is 0 Å². The fourth-order valence-corrected chi connectivity index (χ4v) is 10.2. The Balaban J connectivity index is 2.21. The summed E-state index contributed by atoms with van der Waals surface area (Å²) in [5.41, 5.74) is 2.59. The van der Waals surface area contributed by atoms with Crippen molar-refractivity contribution >= 4 is 28.9 Å². The summed E-state index contributed by atoms with van der Waals surface area (Å²) < 4.78 is 0. The van der Waals surface area contributed by atoms with Gasteiger partial charge in [0.05, 0.1) is 5.71 Å². The van der Waals surface area contributed by atoms with Crippen molar-refractivity contribution in [3.8, 4) is 0 Å². The molecule has 0 aromatic heterocycles. The molecule has 1 atom stereocenters. The van der Waals surface area contributed by atoms with Crippen LogP contribution in [0.3, 0.4) is 0 Å². The minimum Gasteiger partial charge on any atom is -0.292 e. The second-order valence-electron chi connectivity index (χ2n) is 9.40. The molecule has 0 saturated carbocycles. The molecule has 1 unspecified atom stereocenters. The van der Waals surface area contributed by atoms with Gasteiger partial charge < -0.3 is 0 Å². The molecule has 0 amide bonds. The summed E-state index contributed by atoms with van der Waals surface area (Å²) >= 11 is 0. The number of benzene rings is 4. The summed E-state index contributed by atoms with van der Waals surface area (Å²) in [6, 6.07) is 44.3. The van der Waals surface area contributed by atoms with Crippen molar-refractivity contribution in [3.05, 3.63) is 127 Å². The van der Waals surface area contributed by atoms with E-state index in [-0.39, 0.29) is 11.1 Å². The Morgan fingerprint density at radius 3 is 1.21 bits per heavy atom. The maximum Gasteiger partial charge on any atom is 0.147 e. The molecule has 0 radical (unpaired) electrons. The zero-order valence-corrected chi connectivity index (χ0v) is 20.9. The molecule has 166 valence electrons. The number of hydrogen-bond acceptors (Lipinski definition) is 1. The molecule has 1 nitrogen and oxygen atoms in total. The zero-order chi connectivity index (χ0) is 23.3. The third-order valence-corrected chi connectivity index (χ3v) is 10.9. The van der Waals surface area contributed by atoms with Crippen molar-refractivity contribution in [3.63, 3.8) is 0 Å². The summed E-state index contributed by atoms with van der Waals surface area (Å²) in [4.78, 5) is 5.02. The van der Waals surface area contributed by atoms with Crippen LogP contribution in [0.1, 0.15) is 32.0 Å². The highest BCUT2D eigenvalue weighted by Crippen LogP contribution is 2.68. The smallest absolute Gasteiger partial charge is 0.147 e. The molecule has 0 N–H and O–H groups in total. The first-order valence-electron chi connectivity index (χ1n) is 11.6. The molecule has 33 heavy (non-hydrogen) atoms. The lowest BCUT2D eigenvalue weighted by Crippen LogP contribution is -2.41.